The van der Waals surface area contributed by atoms with E-state index in [1.807, 2.05) is 0 Å². The smallest absolute Gasteiger partial charge is 0.407 e. The van der Waals surface area contributed by atoms with Crippen LogP contribution in [0.3, 0.4) is 0 Å². The van der Waals surface area contributed by atoms with Gasteiger partial charge < -0.3 is 14.5 Å². The molecule has 1 aliphatic heterocycles. The number of amides is 1. The van der Waals surface area contributed by atoms with Crippen molar-refractivity contribution >= 4 is 14.4 Å². The Kier molecular flexibility index (Phi) is 4.25. The third-order valence-corrected chi connectivity index (χ3v) is 8.25. The van der Waals surface area contributed by atoms with Crippen molar-refractivity contribution in [1.82, 2.24) is 5.32 Å². The van der Waals surface area contributed by atoms with Gasteiger partial charge in [-0.3, -0.25) is 0 Å². The summed E-state index contributed by atoms with van der Waals surface area (Å²) in [5, 5.41) is 2.88. The average Bonchev–Trinajstić information content (AvgIpc) is 2.47. The van der Waals surface area contributed by atoms with E-state index in [2.05, 4.69) is 46.1 Å². The first-order chi connectivity index (χ1) is 7.62. The highest BCUT2D eigenvalue weighted by Crippen LogP contribution is 2.37. The fourth-order valence-electron chi connectivity index (χ4n) is 1.66. The fourth-order valence-corrected chi connectivity index (χ4v) is 3.12. The molecule has 1 saturated heterocycles. The maximum Gasteiger partial charge on any atom is 0.407 e. The number of carbonyl (C=O) groups excluding carboxylic acids is 1. The summed E-state index contributed by atoms with van der Waals surface area (Å²) in [4.78, 5) is 10.9. The summed E-state index contributed by atoms with van der Waals surface area (Å²) in [7, 11) is -1.72. The minimum Gasteiger partial charge on any atom is -0.444 e. The summed E-state index contributed by atoms with van der Waals surface area (Å²) < 4.78 is 11.3. The van der Waals surface area contributed by atoms with Crippen LogP contribution in [0.4, 0.5) is 4.79 Å². The Labute approximate surface area is 105 Å². The molecule has 1 unspecified atom stereocenters. The molecule has 0 spiro atoms. The van der Waals surface area contributed by atoms with Gasteiger partial charge in [0.05, 0.1) is 6.54 Å². The van der Waals surface area contributed by atoms with Crippen LogP contribution in [0, 0.1) is 0 Å². The molecule has 0 aromatic heterocycles. The molecular weight excluding hydrogens is 234 g/mol. The van der Waals surface area contributed by atoms with Crippen molar-refractivity contribution in [2.75, 3.05) is 6.54 Å². The van der Waals surface area contributed by atoms with Crippen LogP contribution in [-0.2, 0) is 9.16 Å². The van der Waals surface area contributed by atoms with Crippen LogP contribution in [0.5, 0.6) is 0 Å². The maximum absolute atomic E-state index is 10.9. The number of nitrogens with one attached hydrogen (secondary N) is 1. The molecule has 100 valence electrons. The molecule has 1 heterocycles. The first-order valence-electron chi connectivity index (χ1n) is 6.24. The Balaban J connectivity index is 2.44. The van der Waals surface area contributed by atoms with Crippen LogP contribution < -0.4 is 5.32 Å². The van der Waals surface area contributed by atoms with Gasteiger partial charge >= 0.3 is 6.09 Å². The van der Waals surface area contributed by atoms with Crippen molar-refractivity contribution in [2.24, 2.45) is 0 Å². The first-order valence-corrected chi connectivity index (χ1v) is 9.15. The van der Waals surface area contributed by atoms with E-state index in [4.69, 9.17) is 9.16 Å². The van der Waals surface area contributed by atoms with E-state index in [1.165, 1.54) is 0 Å². The standard InChI is InChI=1S/C12H25NO3Si/c1-9(7-10-8-13-11(14)15-10)16-17(5,6)12(2,3)4/h9-10H,7-8H2,1-6H3,(H,13,14)/t9-,10?/m1/s1. The van der Waals surface area contributed by atoms with Crippen molar-refractivity contribution in [3.8, 4) is 0 Å². The van der Waals surface area contributed by atoms with Crippen molar-refractivity contribution < 1.29 is 14.0 Å². The molecule has 5 heteroatoms. The van der Waals surface area contributed by atoms with E-state index >= 15 is 0 Å². The molecule has 1 N–H and O–H groups in total. The summed E-state index contributed by atoms with van der Waals surface area (Å²) in [6.45, 7) is 13.8. The predicted octanol–water partition coefficient (Wildman–Crippen LogP) is 2.90. The van der Waals surface area contributed by atoms with Gasteiger partial charge in [-0.25, -0.2) is 4.79 Å². The monoisotopic (exact) mass is 259 g/mol. The summed E-state index contributed by atoms with van der Waals surface area (Å²) in [5.41, 5.74) is 0. The highest BCUT2D eigenvalue weighted by molar-refractivity contribution is 6.74. The van der Waals surface area contributed by atoms with Crippen molar-refractivity contribution in [2.45, 2.75) is 64.5 Å². The van der Waals surface area contributed by atoms with Gasteiger partial charge in [-0.1, -0.05) is 20.8 Å². The Morgan fingerprint density at radius 2 is 2.12 bits per heavy atom. The molecule has 1 fully saturated rings. The van der Waals surface area contributed by atoms with Gasteiger partial charge in [-0.15, -0.1) is 0 Å². The molecule has 1 rings (SSSR count). The lowest BCUT2D eigenvalue weighted by Gasteiger charge is -2.38. The Bertz CT molecular complexity index is 286. The number of carbonyl (C=O) groups is 1. The lowest BCUT2D eigenvalue weighted by molar-refractivity contribution is 0.0965. The highest BCUT2D eigenvalue weighted by Gasteiger charge is 2.39. The normalized spacial score (nSPS) is 23.2. The highest BCUT2D eigenvalue weighted by atomic mass is 28.4. The third kappa shape index (κ3) is 3.99. The molecule has 0 aliphatic carbocycles. The van der Waals surface area contributed by atoms with Crippen LogP contribution >= 0.6 is 0 Å². The van der Waals surface area contributed by atoms with Gasteiger partial charge in [-0.05, 0) is 25.1 Å². The maximum atomic E-state index is 10.9. The van der Waals surface area contributed by atoms with Gasteiger partial charge in [0.2, 0.25) is 0 Å². The zero-order chi connectivity index (χ0) is 13.3. The molecule has 2 atom stereocenters. The molecule has 4 nitrogen and oxygen atoms in total. The molecule has 0 radical (unpaired) electrons. The number of ether oxygens (including phenoxy) is 1. The van der Waals surface area contributed by atoms with Crippen molar-refractivity contribution in [3.05, 3.63) is 0 Å². The lowest BCUT2D eigenvalue weighted by atomic mass is 10.2. The SMILES string of the molecule is C[C@H](CC1CNC(=O)O1)O[Si](C)(C)C(C)(C)C. The largest absolute Gasteiger partial charge is 0.444 e. The molecule has 1 amide bonds. The van der Waals surface area contributed by atoms with Gasteiger partial charge in [0.1, 0.15) is 6.10 Å². The summed E-state index contributed by atoms with van der Waals surface area (Å²) in [5.74, 6) is 0. The number of cyclic esters (lactones) is 1. The molecular formula is C12H25NO3Si. The van der Waals surface area contributed by atoms with Gasteiger partial charge in [-0.2, -0.15) is 0 Å². The lowest BCUT2D eigenvalue weighted by Crippen LogP contribution is -2.44. The van der Waals surface area contributed by atoms with E-state index in [-0.39, 0.29) is 23.3 Å². The van der Waals surface area contributed by atoms with Crippen LogP contribution in [-0.4, -0.2) is 33.2 Å². The summed E-state index contributed by atoms with van der Waals surface area (Å²) in [6, 6.07) is 0. The Hall–Kier alpha value is -0.553. The average molecular weight is 259 g/mol. The molecule has 0 aromatic carbocycles. The van der Waals surface area contributed by atoms with Crippen molar-refractivity contribution in [1.29, 1.82) is 0 Å². The Morgan fingerprint density at radius 3 is 2.53 bits per heavy atom. The van der Waals surface area contributed by atoms with E-state index in [0.717, 1.165) is 6.42 Å². The number of hydrogen-bond donors (Lipinski definition) is 1. The topological polar surface area (TPSA) is 47.6 Å². The Morgan fingerprint density at radius 1 is 1.53 bits per heavy atom. The number of alkyl carbamates (subject to hydrolysis) is 1. The van der Waals surface area contributed by atoms with E-state index in [1.54, 1.807) is 0 Å². The number of rotatable bonds is 4. The van der Waals surface area contributed by atoms with Crippen LogP contribution in [0.15, 0.2) is 0 Å². The van der Waals surface area contributed by atoms with Gasteiger partial charge in [0.25, 0.3) is 0 Å². The zero-order valence-electron chi connectivity index (χ0n) is 11.8. The molecule has 1 aliphatic rings. The third-order valence-electron chi connectivity index (χ3n) is 3.64. The molecule has 0 aromatic rings. The first kappa shape index (κ1) is 14.5. The van der Waals surface area contributed by atoms with Crippen LogP contribution in [0.1, 0.15) is 34.1 Å². The second-order valence-corrected chi connectivity index (χ2v) is 11.1. The molecule has 0 bridgehead atoms. The van der Waals surface area contributed by atoms with Crippen molar-refractivity contribution in [3.63, 3.8) is 0 Å². The minimum absolute atomic E-state index is 0.0396. The zero-order valence-corrected chi connectivity index (χ0v) is 12.8. The second-order valence-electron chi connectivity index (χ2n) is 6.33. The molecule has 17 heavy (non-hydrogen) atoms. The summed E-state index contributed by atoms with van der Waals surface area (Å²) in [6.07, 6.45) is 0.552. The van der Waals surface area contributed by atoms with E-state index < -0.39 is 8.32 Å². The van der Waals surface area contributed by atoms with Crippen LogP contribution in [0.2, 0.25) is 18.1 Å². The van der Waals surface area contributed by atoms with Gasteiger partial charge in [0, 0.05) is 12.5 Å². The second kappa shape index (κ2) is 4.98. The predicted molar refractivity (Wildman–Crippen MR) is 70.6 cm³/mol. The van der Waals surface area contributed by atoms with E-state index in [0.29, 0.717) is 6.54 Å². The molecule has 0 saturated carbocycles. The fraction of sp³-hybridized carbons (Fsp3) is 0.917. The van der Waals surface area contributed by atoms with Crippen LogP contribution in [0.25, 0.3) is 0 Å². The summed E-state index contributed by atoms with van der Waals surface area (Å²) >= 11 is 0. The van der Waals surface area contributed by atoms with Gasteiger partial charge in [0.15, 0.2) is 8.32 Å². The quantitative estimate of drug-likeness (QED) is 0.790. The number of hydrogen-bond acceptors (Lipinski definition) is 3. The van der Waals surface area contributed by atoms with E-state index in [9.17, 15) is 4.79 Å². The minimum atomic E-state index is -1.72.